The third-order valence-corrected chi connectivity index (χ3v) is 5.70. The summed E-state index contributed by atoms with van der Waals surface area (Å²) in [5, 5.41) is 12.9. The highest BCUT2D eigenvalue weighted by Crippen LogP contribution is 2.23. The molecule has 0 radical (unpaired) electrons. The number of fused-ring (bicyclic) bond motifs is 1. The highest BCUT2D eigenvalue weighted by molar-refractivity contribution is 6.31. The Bertz CT molecular complexity index is 1110. The van der Waals surface area contributed by atoms with Crippen LogP contribution in [0.1, 0.15) is 18.4 Å². The van der Waals surface area contributed by atoms with Gasteiger partial charge in [-0.05, 0) is 43.7 Å². The van der Waals surface area contributed by atoms with E-state index >= 15 is 0 Å². The molecule has 0 amide bonds. The molecule has 0 aliphatic carbocycles. The number of amidine groups is 1. The van der Waals surface area contributed by atoms with E-state index in [1.54, 1.807) is 19.4 Å². The van der Waals surface area contributed by atoms with Crippen molar-refractivity contribution in [2.45, 2.75) is 18.9 Å². The number of methoxy groups -OCH3 is 1. The summed E-state index contributed by atoms with van der Waals surface area (Å²) in [6.45, 7) is 3.56. The number of piperidine rings is 1. The van der Waals surface area contributed by atoms with Crippen molar-refractivity contribution in [3.63, 3.8) is 0 Å². The van der Waals surface area contributed by atoms with Gasteiger partial charge in [-0.3, -0.25) is 15.6 Å². The molecule has 9 nitrogen and oxygen atoms in total. The maximum Gasteiger partial charge on any atom is 0.202 e. The van der Waals surface area contributed by atoms with Crippen molar-refractivity contribution in [1.29, 1.82) is 0 Å². The number of nitrogens with zero attached hydrogens (tertiary/aromatic N) is 4. The Labute approximate surface area is 189 Å². The van der Waals surface area contributed by atoms with Crippen LogP contribution in [0.15, 0.2) is 35.5 Å². The number of aromatic amines is 1. The molecule has 32 heavy (non-hydrogen) atoms. The molecule has 0 spiro atoms. The summed E-state index contributed by atoms with van der Waals surface area (Å²) in [5.74, 6) is 0.179. The number of hydrogen-bond donors (Lipinski definition) is 4. The second-order valence-electron chi connectivity index (χ2n) is 7.54. The molecular weight excluding hydrogens is 437 g/mol. The zero-order chi connectivity index (χ0) is 22.5. The third-order valence-electron chi connectivity index (χ3n) is 5.41. The van der Waals surface area contributed by atoms with Crippen LogP contribution in [0.5, 0.6) is 0 Å². The largest absolute Gasteiger partial charge is 0.380 e. The van der Waals surface area contributed by atoms with Crippen molar-refractivity contribution in [2.75, 3.05) is 38.6 Å². The minimum Gasteiger partial charge on any atom is -0.380 e. The number of ether oxygens (including phenoxy) is 1. The van der Waals surface area contributed by atoms with Crippen molar-refractivity contribution in [3.8, 4) is 0 Å². The molecule has 4 rings (SSSR count). The molecule has 1 fully saturated rings. The van der Waals surface area contributed by atoms with Crippen molar-refractivity contribution in [2.24, 2.45) is 4.99 Å². The zero-order valence-corrected chi connectivity index (χ0v) is 18.4. The number of nitrogens with one attached hydrogen (secondary N) is 3. The molecule has 4 N–H and O–H groups in total. The smallest absolute Gasteiger partial charge is 0.202 e. The highest BCUT2D eigenvalue weighted by atomic mass is 35.5. The number of imidazole rings is 1. The van der Waals surface area contributed by atoms with Gasteiger partial charge in [-0.15, -0.1) is 0 Å². The zero-order valence-electron chi connectivity index (χ0n) is 17.6. The second kappa shape index (κ2) is 10.2. The first-order chi connectivity index (χ1) is 15.6. The number of hydroxylamine groups is 1. The van der Waals surface area contributed by atoms with Gasteiger partial charge in [-0.2, -0.15) is 4.98 Å². The average molecular weight is 462 g/mol. The Morgan fingerprint density at radius 1 is 1.44 bits per heavy atom. The minimum absolute atomic E-state index is 0.0537. The Kier molecular flexibility index (Phi) is 7.15. The van der Waals surface area contributed by atoms with Gasteiger partial charge in [0.25, 0.3) is 0 Å². The Morgan fingerprint density at radius 2 is 2.31 bits per heavy atom. The van der Waals surface area contributed by atoms with Gasteiger partial charge in [0.05, 0.1) is 22.3 Å². The lowest BCUT2D eigenvalue weighted by molar-refractivity contribution is 0.0329. The number of hydrogen-bond acceptors (Lipinski definition) is 7. The molecule has 0 saturated carbocycles. The molecule has 3 aromatic rings. The van der Waals surface area contributed by atoms with Crippen LogP contribution >= 0.6 is 11.6 Å². The monoisotopic (exact) mass is 461 g/mol. The molecule has 1 aromatic carbocycles. The normalized spacial score (nSPS) is 17.6. The maximum atomic E-state index is 13.4. The molecule has 1 atom stereocenters. The lowest BCUT2D eigenvalue weighted by atomic mass is 10.1. The van der Waals surface area contributed by atoms with E-state index in [9.17, 15) is 9.60 Å². The van der Waals surface area contributed by atoms with Gasteiger partial charge in [-0.25, -0.2) is 14.4 Å². The Morgan fingerprint density at radius 3 is 3.09 bits per heavy atom. The molecule has 1 aliphatic rings. The van der Waals surface area contributed by atoms with E-state index in [-0.39, 0.29) is 10.9 Å². The lowest BCUT2D eigenvalue weighted by Gasteiger charge is -2.31. The van der Waals surface area contributed by atoms with E-state index in [1.165, 1.54) is 18.2 Å². The van der Waals surface area contributed by atoms with Crippen LogP contribution in [0, 0.1) is 5.82 Å². The Balaban J connectivity index is 1.49. The lowest BCUT2D eigenvalue weighted by Crippen LogP contribution is -2.41. The fourth-order valence-electron chi connectivity index (χ4n) is 3.76. The van der Waals surface area contributed by atoms with Gasteiger partial charge in [0, 0.05) is 38.5 Å². The van der Waals surface area contributed by atoms with Crippen LogP contribution in [0.2, 0.25) is 5.02 Å². The fraction of sp³-hybridized carbons (Fsp3) is 0.381. The van der Waals surface area contributed by atoms with E-state index in [0.717, 1.165) is 32.5 Å². The first kappa shape index (κ1) is 22.4. The van der Waals surface area contributed by atoms with Crippen LogP contribution in [-0.4, -0.2) is 70.3 Å². The highest BCUT2D eigenvalue weighted by Gasteiger charge is 2.19. The van der Waals surface area contributed by atoms with Crippen LogP contribution in [0.4, 0.5) is 16.0 Å². The topological polar surface area (TPSA) is 111 Å². The molecule has 2 aromatic heterocycles. The first-order valence-electron chi connectivity index (χ1n) is 10.4. The number of likely N-dealkylation sites (tertiary alicyclic amines) is 1. The van der Waals surface area contributed by atoms with Crippen molar-refractivity contribution < 1.29 is 14.3 Å². The molecule has 1 aliphatic heterocycles. The maximum absolute atomic E-state index is 13.4. The SMILES string of the molecule is COC1CCCN(CCNc2nc3nccc(C(=Nc4ccc(F)c(Cl)c4)NO)c3[nH]2)C1. The van der Waals surface area contributed by atoms with Gasteiger partial charge < -0.3 is 15.0 Å². The number of H-pyrrole nitrogens is 1. The summed E-state index contributed by atoms with van der Waals surface area (Å²) in [7, 11) is 1.76. The van der Waals surface area contributed by atoms with E-state index in [1.807, 2.05) is 0 Å². The van der Waals surface area contributed by atoms with E-state index in [4.69, 9.17) is 16.3 Å². The average Bonchev–Trinajstić information content (AvgIpc) is 3.23. The van der Waals surface area contributed by atoms with Crippen molar-refractivity contribution >= 4 is 40.2 Å². The first-order valence-corrected chi connectivity index (χ1v) is 10.7. The molecular formula is C21H25ClFN7O2. The van der Waals surface area contributed by atoms with Crippen molar-refractivity contribution in [3.05, 3.63) is 46.9 Å². The summed E-state index contributed by atoms with van der Waals surface area (Å²) in [6.07, 6.45) is 4.10. The predicted octanol–water partition coefficient (Wildman–Crippen LogP) is 3.33. The Hall–Kier alpha value is -2.79. The molecule has 1 unspecified atom stereocenters. The molecule has 0 bridgehead atoms. The van der Waals surface area contributed by atoms with Gasteiger partial charge in [-0.1, -0.05) is 11.6 Å². The number of benzene rings is 1. The molecule has 170 valence electrons. The minimum atomic E-state index is -0.540. The van der Waals surface area contributed by atoms with Crippen molar-refractivity contribution in [1.82, 2.24) is 25.3 Å². The molecule has 1 saturated heterocycles. The summed E-state index contributed by atoms with van der Waals surface area (Å²) in [4.78, 5) is 18.7. The van der Waals surface area contributed by atoms with Crippen LogP contribution < -0.4 is 10.8 Å². The van der Waals surface area contributed by atoms with Crippen LogP contribution in [0.25, 0.3) is 11.2 Å². The van der Waals surface area contributed by atoms with E-state index < -0.39 is 5.82 Å². The second-order valence-corrected chi connectivity index (χ2v) is 7.95. The number of rotatable bonds is 7. The van der Waals surface area contributed by atoms with Gasteiger partial charge >= 0.3 is 0 Å². The predicted molar refractivity (Wildman–Crippen MR) is 121 cm³/mol. The molecule has 11 heteroatoms. The quantitative estimate of drug-likeness (QED) is 0.242. The van der Waals surface area contributed by atoms with E-state index in [0.29, 0.717) is 41.0 Å². The fourth-order valence-corrected chi connectivity index (χ4v) is 3.94. The number of pyridine rings is 1. The summed E-state index contributed by atoms with van der Waals surface area (Å²) < 4.78 is 18.9. The van der Waals surface area contributed by atoms with Crippen LogP contribution in [-0.2, 0) is 4.74 Å². The number of aromatic nitrogens is 3. The number of anilines is 1. The summed E-state index contributed by atoms with van der Waals surface area (Å²) in [5.41, 5.74) is 4.10. The summed E-state index contributed by atoms with van der Waals surface area (Å²) in [6, 6.07) is 5.75. The number of aliphatic imine (C=N–C) groups is 1. The third kappa shape index (κ3) is 5.16. The molecule has 3 heterocycles. The van der Waals surface area contributed by atoms with Crippen LogP contribution in [0.3, 0.4) is 0 Å². The standard InChI is InChI=1S/C21H25ClFN7O2/c1-32-14-3-2-9-30(12-14)10-8-25-21-27-18-15(6-7-24-20(18)28-21)19(29-31)26-13-4-5-17(23)16(22)11-13/h4-7,11,14,31H,2-3,8-10,12H2,1H3,(H,26,29)(H2,24,25,27,28). The van der Waals surface area contributed by atoms with Gasteiger partial charge in [0.1, 0.15) is 5.82 Å². The number of halogens is 2. The van der Waals surface area contributed by atoms with Gasteiger partial charge in [0.15, 0.2) is 11.5 Å². The van der Waals surface area contributed by atoms with E-state index in [2.05, 4.69) is 35.6 Å². The summed E-state index contributed by atoms with van der Waals surface area (Å²) >= 11 is 5.83. The van der Waals surface area contributed by atoms with Gasteiger partial charge in [0.2, 0.25) is 5.95 Å².